The molecular weight excluding hydrogens is 330 g/mol. The molecule has 0 saturated carbocycles. The number of hydrogen-bond donors (Lipinski definition) is 0. The number of fused-ring (bicyclic) bond motifs is 1. The van der Waals surface area contributed by atoms with E-state index in [1.54, 1.807) is 5.51 Å². The van der Waals surface area contributed by atoms with Gasteiger partial charge in [0.2, 0.25) is 0 Å². The van der Waals surface area contributed by atoms with Gasteiger partial charge in [0.1, 0.15) is 4.88 Å². The van der Waals surface area contributed by atoms with E-state index in [1.165, 1.54) is 22.3 Å². The number of likely N-dealkylation sites (tertiary alicyclic amines) is 1. The number of carbonyl (C=O) groups excluding carboxylic acids is 1. The molecule has 5 heteroatoms. The summed E-state index contributed by atoms with van der Waals surface area (Å²) < 4.78 is 0. The minimum Gasteiger partial charge on any atom is -0.338 e. The molecule has 25 heavy (non-hydrogen) atoms. The molecule has 128 valence electrons. The lowest BCUT2D eigenvalue weighted by Crippen LogP contribution is -2.40. The van der Waals surface area contributed by atoms with E-state index in [4.69, 9.17) is 0 Å². The van der Waals surface area contributed by atoms with Crippen molar-refractivity contribution in [1.82, 2.24) is 14.9 Å². The molecule has 3 aromatic rings. The summed E-state index contributed by atoms with van der Waals surface area (Å²) in [6.45, 7) is 3.58. The van der Waals surface area contributed by atoms with E-state index in [9.17, 15) is 4.79 Å². The Labute approximate surface area is 151 Å². The number of piperidine rings is 1. The molecule has 3 heterocycles. The van der Waals surface area contributed by atoms with Gasteiger partial charge in [-0.05, 0) is 43.7 Å². The van der Waals surface area contributed by atoms with Crippen molar-refractivity contribution in [2.75, 3.05) is 13.1 Å². The Bertz CT molecular complexity index is 899. The highest BCUT2D eigenvalue weighted by Gasteiger charge is 2.26. The average Bonchev–Trinajstić information content (AvgIpc) is 3.08. The van der Waals surface area contributed by atoms with Crippen LogP contribution in [-0.2, 0) is 6.42 Å². The number of para-hydroxylation sites is 1. The summed E-state index contributed by atoms with van der Waals surface area (Å²) >= 11 is 1.45. The van der Waals surface area contributed by atoms with Crippen molar-refractivity contribution in [2.24, 2.45) is 5.92 Å². The lowest BCUT2D eigenvalue weighted by atomic mass is 9.90. The average molecular weight is 351 g/mol. The third-order valence-corrected chi connectivity index (χ3v) is 5.89. The van der Waals surface area contributed by atoms with Crippen LogP contribution in [0.1, 0.15) is 33.8 Å². The summed E-state index contributed by atoms with van der Waals surface area (Å²) in [7, 11) is 0. The van der Waals surface area contributed by atoms with E-state index in [0.29, 0.717) is 5.92 Å². The third-order valence-electron chi connectivity index (χ3n) is 4.97. The Morgan fingerprint density at radius 3 is 3.00 bits per heavy atom. The maximum Gasteiger partial charge on any atom is 0.265 e. The van der Waals surface area contributed by atoms with Crippen LogP contribution < -0.4 is 0 Å². The molecule has 0 bridgehead atoms. The quantitative estimate of drug-likeness (QED) is 0.714. The predicted octanol–water partition coefficient (Wildman–Crippen LogP) is 4.09. The fourth-order valence-corrected chi connectivity index (χ4v) is 4.48. The molecule has 1 aromatic carbocycles. The van der Waals surface area contributed by atoms with E-state index in [1.807, 2.05) is 24.1 Å². The Kier molecular flexibility index (Phi) is 4.49. The van der Waals surface area contributed by atoms with Crippen LogP contribution in [0.5, 0.6) is 0 Å². The maximum atomic E-state index is 12.8. The number of pyridine rings is 1. The van der Waals surface area contributed by atoms with Gasteiger partial charge in [-0.1, -0.05) is 24.3 Å². The summed E-state index contributed by atoms with van der Waals surface area (Å²) in [6.07, 6.45) is 5.05. The molecule has 1 atom stereocenters. The summed E-state index contributed by atoms with van der Waals surface area (Å²) in [6, 6.07) is 10.5. The zero-order valence-electron chi connectivity index (χ0n) is 14.3. The smallest absolute Gasteiger partial charge is 0.265 e. The van der Waals surface area contributed by atoms with Crippen LogP contribution in [0.15, 0.2) is 42.0 Å². The van der Waals surface area contributed by atoms with Gasteiger partial charge in [-0.3, -0.25) is 9.78 Å². The highest BCUT2D eigenvalue weighted by Crippen LogP contribution is 2.26. The molecule has 4 rings (SSSR count). The van der Waals surface area contributed by atoms with Gasteiger partial charge < -0.3 is 4.90 Å². The van der Waals surface area contributed by atoms with Gasteiger partial charge in [0.05, 0.1) is 16.7 Å². The minimum absolute atomic E-state index is 0.140. The van der Waals surface area contributed by atoms with Gasteiger partial charge >= 0.3 is 0 Å². The van der Waals surface area contributed by atoms with Gasteiger partial charge in [0.15, 0.2) is 0 Å². The van der Waals surface area contributed by atoms with Gasteiger partial charge in [0.25, 0.3) is 5.91 Å². The topological polar surface area (TPSA) is 46.1 Å². The van der Waals surface area contributed by atoms with Crippen molar-refractivity contribution in [3.05, 3.63) is 58.2 Å². The molecule has 1 amide bonds. The van der Waals surface area contributed by atoms with E-state index in [-0.39, 0.29) is 5.91 Å². The zero-order chi connectivity index (χ0) is 17.2. The van der Waals surface area contributed by atoms with Crippen LogP contribution in [0.25, 0.3) is 10.9 Å². The first-order chi connectivity index (χ1) is 12.2. The van der Waals surface area contributed by atoms with Crippen molar-refractivity contribution in [2.45, 2.75) is 26.2 Å². The van der Waals surface area contributed by atoms with Gasteiger partial charge in [0, 0.05) is 24.7 Å². The second-order valence-electron chi connectivity index (χ2n) is 6.72. The first-order valence-corrected chi connectivity index (χ1v) is 9.62. The molecule has 0 radical (unpaired) electrons. The third kappa shape index (κ3) is 3.29. The molecule has 0 N–H and O–H groups in total. The summed E-state index contributed by atoms with van der Waals surface area (Å²) in [5.74, 6) is 0.624. The second-order valence-corrected chi connectivity index (χ2v) is 7.58. The lowest BCUT2D eigenvalue weighted by Gasteiger charge is -2.32. The SMILES string of the molecule is Cc1ncsc1C(=O)N1CCC[C@@H](Cc2cccc3cccnc23)C1. The predicted molar refractivity (Wildman–Crippen MR) is 101 cm³/mol. The lowest BCUT2D eigenvalue weighted by molar-refractivity contribution is 0.0677. The number of rotatable bonds is 3. The molecule has 1 saturated heterocycles. The number of nitrogens with zero attached hydrogens (tertiary/aromatic N) is 3. The number of carbonyl (C=O) groups is 1. The van der Waals surface area contributed by atoms with Crippen molar-refractivity contribution in [1.29, 1.82) is 0 Å². The molecule has 1 aliphatic heterocycles. The fourth-order valence-electron chi connectivity index (χ4n) is 3.71. The van der Waals surface area contributed by atoms with Crippen LogP contribution in [0.4, 0.5) is 0 Å². The number of amides is 1. The molecule has 0 unspecified atom stereocenters. The normalized spacial score (nSPS) is 17.8. The van der Waals surface area contributed by atoms with Crippen LogP contribution in [0, 0.1) is 12.8 Å². The number of aromatic nitrogens is 2. The Morgan fingerprint density at radius 1 is 1.28 bits per heavy atom. The first-order valence-electron chi connectivity index (χ1n) is 8.74. The summed E-state index contributed by atoms with van der Waals surface area (Å²) in [4.78, 5) is 24.4. The van der Waals surface area contributed by atoms with Crippen molar-refractivity contribution < 1.29 is 4.79 Å². The van der Waals surface area contributed by atoms with Crippen LogP contribution in [0.2, 0.25) is 0 Å². The van der Waals surface area contributed by atoms with E-state index in [0.717, 1.165) is 48.4 Å². The Balaban J connectivity index is 1.52. The van der Waals surface area contributed by atoms with Gasteiger partial charge in [-0.15, -0.1) is 11.3 Å². The second kappa shape index (κ2) is 6.92. The molecular formula is C20H21N3OS. The highest BCUT2D eigenvalue weighted by molar-refractivity contribution is 7.11. The molecule has 4 nitrogen and oxygen atoms in total. The maximum absolute atomic E-state index is 12.8. The van der Waals surface area contributed by atoms with Crippen LogP contribution >= 0.6 is 11.3 Å². The molecule has 1 fully saturated rings. The van der Waals surface area contributed by atoms with Crippen LogP contribution in [0.3, 0.4) is 0 Å². The molecule has 1 aliphatic rings. The van der Waals surface area contributed by atoms with Crippen LogP contribution in [-0.4, -0.2) is 33.9 Å². The molecule has 0 spiro atoms. The summed E-state index contributed by atoms with van der Waals surface area (Å²) in [5, 5.41) is 1.18. The van der Waals surface area contributed by atoms with E-state index in [2.05, 4.69) is 34.2 Å². The van der Waals surface area contributed by atoms with Crippen molar-refractivity contribution >= 4 is 28.1 Å². The van der Waals surface area contributed by atoms with Crippen molar-refractivity contribution in [3.8, 4) is 0 Å². The fraction of sp³-hybridized carbons (Fsp3) is 0.350. The van der Waals surface area contributed by atoms with Gasteiger partial charge in [-0.25, -0.2) is 4.98 Å². The first kappa shape index (κ1) is 16.2. The minimum atomic E-state index is 0.140. The van der Waals surface area contributed by atoms with E-state index < -0.39 is 0 Å². The number of hydrogen-bond acceptors (Lipinski definition) is 4. The number of aryl methyl sites for hydroxylation is 1. The number of benzene rings is 1. The standard InChI is InChI=1S/C20H21N3OS/c1-14-19(25-13-22-14)20(24)23-10-4-5-15(12-23)11-17-7-2-6-16-8-3-9-21-18(16)17/h2-3,6-9,13,15H,4-5,10-12H2,1H3/t15-/m0/s1. The largest absolute Gasteiger partial charge is 0.338 e. The van der Waals surface area contributed by atoms with E-state index >= 15 is 0 Å². The Morgan fingerprint density at radius 2 is 2.16 bits per heavy atom. The molecule has 2 aromatic heterocycles. The Hall–Kier alpha value is -2.27. The zero-order valence-corrected chi connectivity index (χ0v) is 15.1. The highest BCUT2D eigenvalue weighted by atomic mass is 32.1. The molecule has 0 aliphatic carbocycles. The summed E-state index contributed by atoms with van der Waals surface area (Å²) in [5.41, 5.74) is 4.97. The van der Waals surface area contributed by atoms with Gasteiger partial charge in [-0.2, -0.15) is 0 Å². The van der Waals surface area contributed by atoms with Crippen molar-refractivity contribution in [3.63, 3.8) is 0 Å². The number of thiazole rings is 1. The monoisotopic (exact) mass is 351 g/mol.